The van der Waals surface area contributed by atoms with Crippen molar-refractivity contribution in [3.63, 3.8) is 0 Å². The summed E-state index contributed by atoms with van der Waals surface area (Å²) in [6, 6.07) is 13.2. The maximum atomic E-state index is 10.9. The van der Waals surface area contributed by atoms with Gasteiger partial charge in [-0.05, 0) is 41.7 Å². The molecule has 0 bridgehead atoms. The van der Waals surface area contributed by atoms with E-state index >= 15 is 0 Å². The largest absolute Gasteiger partial charge is 0.508 e. The number of aliphatic hydroxyl groups excluding tert-OH is 1. The average Bonchev–Trinajstić information content (AvgIpc) is 2.88. The Morgan fingerprint density at radius 3 is 1.86 bits per heavy atom. The van der Waals surface area contributed by atoms with Crippen LogP contribution in [0.3, 0.4) is 0 Å². The Labute approximate surface area is 211 Å². The molecule has 0 aliphatic carbocycles. The summed E-state index contributed by atoms with van der Waals surface area (Å²) in [6.45, 7) is 2.54. The van der Waals surface area contributed by atoms with Gasteiger partial charge in [0.2, 0.25) is 0 Å². The minimum Gasteiger partial charge on any atom is -0.508 e. The second-order valence-corrected chi connectivity index (χ2v) is 9.05. The van der Waals surface area contributed by atoms with E-state index in [1.807, 2.05) is 36.4 Å². The molecule has 0 saturated carbocycles. The van der Waals surface area contributed by atoms with Gasteiger partial charge in [0.15, 0.2) is 13.6 Å². The van der Waals surface area contributed by atoms with Gasteiger partial charge in [0.05, 0.1) is 6.61 Å². The second-order valence-electron chi connectivity index (χ2n) is 9.05. The smallest absolute Gasteiger partial charge is 0.188 e. The molecule has 0 fully saturated rings. The Hall–Kier alpha value is -2.28. The zero-order valence-corrected chi connectivity index (χ0v) is 21.7. The molecule has 6 nitrogen and oxygen atoms in total. The number of unbranched alkanes of at least 4 members (excludes halogenated alkanes) is 7. The Morgan fingerprint density at radius 1 is 0.714 bits per heavy atom. The van der Waals surface area contributed by atoms with Gasteiger partial charge in [0.1, 0.15) is 17.2 Å². The first kappa shape index (κ1) is 29.0. The third-order valence-electron chi connectivity index (χ3n) is 6.45. The van der Waals surface area contributed by atoms with Crippen LogP contribution < -0.4 is 9.47 Å². The summed E-state index contributed by atoms with van der Waals surface area (Å²) < 4.78 is 20.9. The molecule has 0 saturated heterocycles. The number of rotatable bonds is 19. The molecule has 0 aliphatic heterocycles. The Kier molecular flexibility index (Phi) is 14.2. The molecule has 196 valence electrons. The van der Waals surface area contributed by atoms with Crippen molar-refractivity contribution in [2.45, 2.75) is 76.5 Å². The van der Waals surface area contributed by atoms with Crippen LogP contribution in [0.1, 0.15) is 87.7 Å². The van der Waals surface area contributed by atoms with Gasteiger partial charge in [-0.25, -0.2) is 0 Å². The standard InChI is InChI=1S/C29H44O6/c1-4-5-6-7-8-9-10-11-12-26(27-18-17-25(19-29(27)31)35-22-33-3)28(20-30)23-13-15-24(16-14-23)34-21-32-2/h13-19,26,28,30-31H,4-12,20-22H2,1-3H3/t26-,28-/m1/s1. The Morgan fingerprint density at radius 2 is 1.29 bits per heavy atom. The first-order valence-electron chi connectivity index (χ1n) is 12.9. The molecule has 0 aliphatic rings. The van der Waals surface area contributed by atoms with E-state index in [2.05, 4.69) is 6.92 Å². The number of benzene rings is 2. The zero-order valence-electron chi connectivity index (χ0n) is 21.7. The van der Waals surface area contributed by atoms with E-state index in [1.54, 1.807) is 20.3 Å². The molecule has 0 amide bonds. The van der Waals surface area contributed by atoms with Gasteiger partial charge in [0, 0.05) is 26.2 Å². The van der Waals surface area contributed by atoms with Crippen LogP contribution in [0.4, 0.5) is 0 Å². The highest BCUT2D eigenvalue weighted by Crippen LogP contribution is 2.42. The molecule has 0 spiro atoms. The van der Waals surface area contributed by atoms with Gasteiger partial charge in [-0.2, -0.15) is 0 Å². The molecule has 0 heterocycles. The fourth-order valence-corrected chi connectivity index (χ4v) is 4.53. The van der Waals surface area contributed by atoms with Gasteiger partial charge >= 0.3 is 0 Å². The summed E-state index contributed by atoms with van der Waals surface area (Å²) in [4.78, 5) is 0. The highest BCUT2D eigenvalue weighted by molar-refractivity contribution is 5.44. The van der Waals surface area contributed by atoms with Crippen molar-refractivity contribution >= 4 is 0 Å². The van der Waals surface area contributed by atoms with Crippen LogP contribution in [0.25, 0.3) is 0 Å². The quantitative estimate of drug-likeness (QED) is 0.168. The SMILES string of the molecule is CCCCCCCCCC[C@H](c1ccc(OCOC)cc1O)[C@H](CO)c1ccc(OCOC)cc1. The van der Waals surface area contributed by atoms with Crippen LogP contribution in [0.15, 0.2) is 42.5 Å². The molecule has 2 atom stereocenters. The highest BCUT2D eigenvalue weighted by Gasteiger charge is 2.26. The van der Waals surface area contributed by atoms with Gasteiger partial charge in [-0.15, -0.1) is 0 Å². The molecule has 35 heavy (non-hydrogen) atoms. The average molecular weight is 489 g/mol. The van der Waals surface area contributed by atoms with Gasteiger partial charge in [0.25, 0.3) is 0 Å². The minimum absolute atomic E-state index is 0.0126. The zero-order chi connectivity index (χ0) is 25.3. The summed E-state index contributed by atoms with van der Waals surface area (Å²) >= 11 is 0. The first-order chi connectivity index (χ1) is 17.1. The lowest BCUT2D eigenvalue weighted by molar-refractivity contribution is 0.0508. The van der Waals surface area contributed by atoms with Crippen molar-refractivity contribution in [1.29, 1.82) is 0 Å². The Balaban J connectivity index is 2.15. The number of hydrogen-bond donors (Lipinski definition) is 2. The van der Waals surface area contributed by atoms with Crippen molar-refractivity contribution in [2.75, 3.05) is 34.4 Å². The second kappa shape index (κ2) is 17.2. The van der Waals surface area contributed by atoms with Crippen LogP contribution in [0, 0.1) is 0 Å². The van der Waals surface area contributed by atoms with E-state index < -0.39 is 0 Å². The van der Waals surface area contributed by atoms with Gasteiger partial charge in [-0.3, -0.25) is 0 Å². The van der Waals surface area contributed by atoms with E-state index in [0.29, 0.717) is 5.75 Å². The predicted octanol–water partition coefficient (Wildman–Crippen LogP) is 6.75. The molecular formula is C29H44O6. The molecule has 0 aromatic heterocycles. The van der Waals surface area contributed by atoms with E-state index in [9.17, 15) is 10.2 Å². The van der Waals surface area contributed by atoms with Crippen molar-refractivity contribution in [3.8, 4) is 17.2 Å². The van der Waals surface area contributed by atoms with Crippen LogP contribution in [-0.4, -0.2) is 44.6 Å². The highest BCUT2D eigenvalue weighted by atomic mass is 16.7. The first-order valence-corrected chi connectivity index (χ1v) is 12.9. The molecule has 0 unspecified atom stereocenters. The Bertz CT molecular complexity index is 807. The number of aromatic hydroxyl groups is 1. The lowest BCUT2D eigenvalue weighted by Gasteiger charge is -2.28. The monoisotopic (exact) mass is 488 g/mol. The molecule has 2 aromatic rings. The van der Waals surface area contributed by atoms with Crippen molar-refractivity contribution < 1.29 is 29.2 Å². The number of phenols is 1. The van der Waals surface area contributed by atoms with Crippen LogP contribution in [0.2, 0.25) is 0 Å². The maximum absolute atomic E-state index is 10.9. The van der Waals surface area contributed by atoms with Crippen LogP contribution in [-0.2, 0) is 9.47 Å². The van der Waals surface area contributed by atoms with Crippen molar-refractivity contribution in [3.05, 3.63) is 53.6 Å². The van der Waals surface area contributed by atoms with E-state index in [1.165, 1.54) is 38.5 Å². The third-order valence-corrected chi connectivity index (χ3v) is 6.45. The summed E-state index contributed by atoms with van der Waals surface area (Å²) in [6.07, 6.45) is 10.8. The predicted molar refractivity (Wildman–Crippen MR) is 139 cm³/mol. The third kappa shape index (κ3) is 10.1. The van der Waals surface area contributed by atoms with Crippen molar-refractivity contribution in [1.82, 2.24) is 0 Å². The maximum Gasteiger partial charge on any atom is 0.188 e. The molecule has 2 aromatic carbocycles. The topological polar surface area (TPSA) is 77.4 Å². The molecular weight excluding hydrogens is 444 g/mol. The number of phenolic OH excluding ortho intramolecular Hbond substituents is 1. The number of aliphatic hydroxyl groups is 1. The normalized spacial score (nSPS) is 12.9. The number of ether oxygens (including phenoxy) is 4. The summed E-state index contributed by atoms with van der Waals surface area (Å²) in [7, 11) is 3.15. The lowest BCUT2D eigenvalue weighted by Crippen LogP contribution is -2.16. The van der Waals surface area contributed by atoms with E-state index in [4.69, 9.17) is 18.9 Å². The fourth-order valence-electron chi connectivity index (χ4n) is 4.53. The number of hydrogen-bond acceptors (Lipinski definition) is 6. The van der Waals surface area contributed by atoms with Gasteiger partial charge < -0.3 is 29.2 Å². The van der Waals surface area contributed by atoms with Crippen LogP contribution >= 0.6 is 0 Å². The summed E-state index contributed by atoms with van der Waals surface area (Å²) in [5.74, 6) is 1.28. The molecule has 2 rings (SSSR count). The minimum atomic E-state index is -0.146. The van der Waals surface area contributed by atoms with Crippen LogP contribution in [0.5, 0.6) is 17.2 Å². The molecule has 0 radical (unpaired) electrons. The van der Waals surface area contributed by atoms with Crippen molar-refractivity contribution in [2.24, 2.45) is 0 Å². The number of methoxy groups -OCH3 is 2. The fraction of sp³-hybridized carbons (Fsp3) is 0.586. The molecule has 2 N–H and O–H groups in total. The van der Waals surface area contributed by atoms with E-state index in [-0.39, 0.29) is 37.8 Å². The van der Waals surface area contributed by atoms with Gasteiger partial charge in [-0.1, -0.05) is 76.5 Å². The molecule has 6 heteroatoms. The van der Waals surface area contributed by atoms with E-state index in [0.717, 1.165) is 36.1 Å². The lowest BCUT2D eigenvalue weighted by atomic mass is 9.78. The summed E-state index contributed by atoms with van der Waals surface area (Å²) in [5.41, 5.74) is 1.84. The summed E-state index contributed by atoms with van der Waals surface area (Å²) in [5, 5.41) is 21.3.